The van der Waals surface area contributed by atoms with E-state index in [0.717, 1.165) is 18.5 Å². The van der Waals surface area contributed by atoms with Gasteiger partial charge in [-0.25, -0.2) is 0 Å². The molecule has 1 saturated heterocycles. The Kier molecular flexibility index (Phi) is 3.70. The van der Waals surface area contributed by atoms with Crippen LogP contribution in [0.25, 0.3) is 11.5 Å². The summed E-state index contributed by atoms with van der Waals surface area (Å²) < 4.78 is 5.64. The van der Waals surface area contributed by atoms with Crippen molar-refractivity contribution in [2.24, 2.45) is 5.92 Å². The van der Waals surface area contributed by atoms with Crippen LogP contribution in [0.1, 0.15) is 19.2 Å². The zero-order valence-corrected chi connectivity index (χ0v) is 11.8. The average Bonchev–Trinajstić information content (AvgIpc) is 3.07. The molecule has 21 heavy (non-hydrogen) atoms. The molecule has 0 spiro atoms. The van der Waals surface area contributed by atoms with E-state index in [9.17, 15) is 9.90 Å². The van der Waals surface area contributed by atoms with Crippen molar-refractivity contribution < 1.29 is 14.3 Å². The van der Waals surface area contributed by atoms with Gasteiger partial charge in [0.25, 0.3) is 0 Å². The van der Waals surface area contributed by atoms with Crippen LogP contribution in [0.2, 0.25) is 0 Å². The molecule has 2 atom stereocenters. The highest BCUT2D eigenvalue weighted by atomic mass is 16.4. The van der Waals surface area contributed by atoms with Gasteiger partial charge in [-0.15, -0.1) is 10.2 Å². The summed E-state index contributed by atoms with van der Waals surface area (Å²) in [7, 11) is 0. The summed E-state index contributed by atoms with van der Waals surface area (Å²) in [5.41, 5.74) is 0.862. The van der Waals surface area contributed by atoms with Gasteiger partial charge in [0.2, 0.25) is 11.8 Å². The molecule has 0 aliphatic carbocycles. The van der Waals surface area contributed by atoms with Gasteiger partial charge in [0.1, 0.15) is 6.04 Å². The number of benzene rings is 1. The molecule has 0 bridgehead atoms. The summed E-state index contributed by atoms with van der Waals surface area (Å²) in [5.74, 6) is 0.265. The molecule has 0 saturated carbocycles. The van der Waals surface area contributed by atoms with E-state index in [1.165, 1.54) is 0 Å². The fraction of sp³-hybridized carbons (Fsp3) is 0.400. The highest BCUT2D eigenvalue weighted by molar-refractivity contribution is 5.74. The van der Waals surface area contributed by atoms with Gasteiger partial charge < -0.3 is 9.52 Å². The smallest absolute Gasteiger partial charge is 0.321 e. The van der Waals surface area contributed by atoms with E-state index in [0.29, 0.717) is 18.3 Å². The zero-order chi connectivity index (χ0) is 14.8. The second kappa shape index (κ2) is 5.65. The molecule has 0 radical (unpaired) electrons. The van der Waals surface area contributed by atoms with E-state index < -0.39 is 12.0 Å². The first-order valence-corrected chi connectivity index (χ1v) is 7.00. The lowest BCUT2D eigenvalue weighted by atomic mass is 10.0. The number of nitrogens with zero attached hydrogens (tertiary/aromatic N) is 3. The Morgan fingerprint density at radius 2 is 2.14 bits per heavy atom. The number of carboxylic acids is 1. The molecule has 1 aromatic carbocycles. The van der Waals surface area contributed by atoms with Gasteiger partial charge >= 0.3 is 5.97 Å². The summed E-state index contributed by atoms with van der Waals surface area (Å²) in [6, 6.07) is 9.05. The molecule has 1 fully saturated rings. The second-order valence-electron chi connectivity index (χ2n) is 5.39. The number of aliphatic carboxylic acids is 1. The monoisotopic (exact) mass is 287 g/mol. The maximum atomic E-state index is 11.3. The van der Waals surface area contributed by atoms with Crippen LogP contribution in [0.5, 0.6) is 0 Å². The van der Waals surface area contributed by atoms with Crippen LogP contribution in [0.4, 0.5) is 0 Å². The van der Waals surface area contributed by atoms with Gasteiger partial charge in [0.05, 0.1) is 6.54 Å². The third kappa shape index (κ3) is 2.80. The summed E-state index contributed by atoms with van der Waals surface area (Å²) >= 11 is 0. The van der Waals surface area contributed by atoms with E-state index in [1.54, 1.807) is 0 Å². The molecule has 6 heteroatoms. The van der Waals surface area contributed by atoms with Crippen molar-refractivity contribution in [3.8, 4) is 11.5 Å². The van der Waals surface area contributed by atoms with Crippen molar-refractivity contribution in [3.63, 3.8) is 0 Å². The van der Waals surface area contributed by atoms with Gasteiger partial charge in [-0.05, 0) is 31.0 Å². The third-order valence-corrected chi connectivity index (χ3v) is 3.88. The minimum Gasteiger partial charge on any atom is -0.480 e. The highest BCUT2D eigenvalue weighted by Gasteiger charge is 2.37. The summed E-state index contributed by atoms with van der Waals surface area (Å²) in [6.45, 7) is 3.07. The first kappa shape index (κ1) is 13.8. The largest absolute Gasteiger partial charge is 0.480 e. The predicted molar refractivity (Wildman–Crippen MR) is 75.3 cm³/mol. The van der Waals surface area contributed by atoms with Gasteiger partial charge in [0.15, 0.2) is 0 Å². The number of rotatable bonds is 4. The van der Waals surface area contributed by atoms with Crippen LogP contribution in [-0.4, -0.2) is 38.8 Å². The maximum absolute atomic E-state index is 11.3. The van der Waals surface area contributed by atoms with Crippen LogP contribution < -0.4 is 0 Å². The molecular formula is C15H17N3O3. The molecule has 2 aromatic rings. The van der Waals surface area contributed by atoms with E-state index in [4.69, 9.17) is 4.42 Å². The van der Waals surface area contributed by atoms with Gasteiger partial charge in [0, 0.05) is 5.56 Å². The third-order valence-electron chi connectivity index (χ3n) is 3.88. The van der Waals surface area contributed by atoms with Crippen LogP contribution in [0.15, 0.2) is 34.7 Å². The Morgan fingerprint density at radius 1 is 1.38 bits per heavy atom. The molecule has 1 aliphatic heterocycles. The number of carbonyl (C=O) groups is 1. The number of hydrogen-bond acceptors (Lipinski definition) is 5. The van der Waals surface area contributed by atoms with Crippen molar-refractivity contribution in [2.45, 2.75) is 25.9 Å². The minimum absolute atomic E-state index is 0.138. The molecule has 1 aromatic heterocycles. The topological polar surface area (TPSA) is 79.5 Å². The SMILES string of the molecule is CC1CCN(Cc2nnc(-c3ccccc3)o2)C1C(=O)O. The Morgan fingerprint density at radius 3 is 2.86 bits per heavy atom. The summed E-state index contributed by atoms with van der Waals surface area (Å²) in [4.78, 5) is 13.2. The van der Waals surface area contributed by atoms with Crippen molar-refractivity contribution in [1.29, 1.82) is 0 Å². The van der Waals surface area contributed by atoms with E-state index in [-0.39, 0.29) is 5.92 Å². The van der Waals surface area contributed by atoms with E-state index in [2.05, 4.69) is 10.2 Å². The van der Waals surface area contributed by atoms with Gasteiger partial charge in [-0.1, -0.05) is 25.1 Å². The van der Waals surface area contributed by atoms with Gasteiger partial charge in [-0.2, -0.15) is 0 Å². The lowest BCUT2D eigenvalue weighted by Gasteiger charge is -2.21. The quantitative estimate of drug-likeness (QED) is 0.927. The van der Waals surface area contributed by atoms with Crippen LogP contribution in [0, 0.1) is 5.92 Å². The van der Waals surface area contributed by atoms with Crippen LogP contribution >= 0.6 is 0 Å². The van der Waals surface area contributed by atoms with Crippen LogP contribution in [0.3, 0.4) is 0 Å². The Balaban J connectivity index is 1.74. The van der Waals surface area contributed by atoms with E-state index >= 15 is 0 Å². The summed E-state index contributed by atoms with van der Waals surface area (Å²) in [6.07, 6.45) is 0.872. The minimum atomic E-state index is -0.789. The van der Waals surface area contributed by atoms with Crippen molar-refractivity contribution in [3.05, 3.63) is 36.2 Å². The molecule has 0 amide bonds. The summed E-state index contributed by atoms with van der Waals surface area (Å²) in [5, 5.41) is 17.4. The molecule has 2 unspecified atom stereocenters. The van der Waals surface area contributed by atoms with Crippen molar-refractivity contribution >= 4 is 5.97 Å². The lowest BCUT2D eigenvalue weighted by Crippen LogP contribution is -2.38. The Bertz CT molecular complexity index is 626. The molecule has 6 nitrogen and oxygen atoms in total. The Labute approximate surface area is 122 Å². The number of carboxylic acid groups (broad SMARTS) is 1. The standard InChI is InChI=1S/C15H17N3O3/c1-10-7-8-18(13(10)15(19)20)9-12-16-17-14(21-12)11-5-3-2-4-6-11/h2-6,10,13H,7-9H2,1H3,(H,19,20). The first-order chi connectivity index (χ1) is 10.1. The number of hydrogen-bond donors (Lipinski definition) is 1. The Hall–Kier alpha value is -2.21. The number of likely N-dealkylation sites (tertiary alicyclic amines) is 1. The molecule has 1 aliphatic rings. The van der Waals surface area contributed by atoms with Crippen molar-refractivity contribution in [1.82, 2.24) is 15.1 Å². The molecule has 1 N–H and O–H groups in total. The molecule has 2 heterocycles. The molecule has 110 valence electrons. The fourth-order valence-corrected chi connectivity index (χ4v) is 2.79. The lowest BCUT2D eigenvalue weighted by molar-refractivity contribution is -0.143. The van der Waals surface area contributed by atoms with Crippen LogP contribution in [-0.2, 0) is 11.3 Å². The predicted octanol–water partition coefficient (Wildman–Crippen LogP) is 2.03. The van der Waals surface area contributed by atoms with E-state index in [1.807, 2.05) is 42.2 Å². The van der Waals surface area contributed by atoms with Crippen molar-refractivity contribution in [2.75, 3.05) is 6.54 Å². The molecular weight excluding hydrogens is 270 g/mol. The second-order valence-corrected chi connectivity index (χ2v) is 5.39. The highest BCUT2D eigenvalue weighted by Crippen LogP contribution is 2.26. The fourth-order valence-electron chi connectivity index (χ4n) is 2.79. The maximum Gasteiger partial charge on any atom is 0.321 e. The number of aromatic nitrogens is 2. The molecule has 3 rings (SSSR count). The first-order valence-electron chi connectivity index (χ1n) is 7.00. The average molecular weight is 287 g/mol. The zero-order valence-electron chi connectivity index (χ0n) is 11.8. The normalized spacial score (nSPS) is 22.5. The van der Waals surface area contributed by atoms with Gasteiger partial charge in [-0.3, -0.25) is 9.69 Å².